The molecule has 1 aliphatic rings. The van der Waals surface area contributed by atoms with Crippen LogP contribution in [0, 0.1) is 10.1 Å². The first kappa shape index (κ1) is 15.1. The van der Waals surface area contributed by atoms with E-state index in [4.69, 9.17) is 0 Å². The Hall–Kier alpha value is -2.32. The topological polar surface area (TPSA) is 75.5 Å². The van der Waals surface area contributed by atoms with Crippen LogP contribution in [-0.2, 0) is 6.18 Å². The molecule has 0 saturated carbocycles. The Kier molecular flexibility index (Phi) is 3.31. The second kappa shape index (κ2) is 4.61. The zero-order chi connectivity index (χ0) is 16.0. The average Bonchev–Trinajstić information content (AvgIpc) is 2.60. The number of nitrogens with one attached hydrogen (secondary N) is 1. The third-order valence-corrected chi connectivity index (χ3v) is 3.04. The molecule has 1 aromatic rings. The van der Waals surface area contributed by atoms with Crippen molar-refractivity contribution in [1.82, 2.24) is 5.32 Å². The van der Waals surface area contributed by atoms with Crippen molar-refractivity contribution in [2.45, 2.75) is 25.6 Å². The van der Waals surface area contributed by atoms with E-state index in [0.29, 0.717) is 6.07 Å². The number of amides is 2. The lowest BCUT2D eigenvalue weighted by Crippen LogP contribution is -2.36. The largest absolute Gasteiger partial charge is 0.423 e. The molecule has 1 aromatic carbocycles. The normalized spacial score (nSPS) is 17.8. The lowest BCUT2D eigenvalue weighted by Gasteiger charge is -2.19. The van der Waals surface area contributed by atoms with Gasteiger partial charge in [0.05, 0.1) is 17.0 Å². The Morgan fingerprint density at radius 2 is 2.00 bits per heavy atom. The number of urea groups is 1. The van der Waals surface area contributed by atoms with Crippen LogP contribution in [0.25, 0.3) is 0 Å². The van der Waals surface area contributed by atoms with Crippen LogP contribution in [0.15, 0.2) is 18.2 Å². The van der Waals surface area contributed by atoms with E-state index in [9.17, 15) is 28.1 Å². The second-order valence-corrected chi connectivity index (χ2v) is 5.36. The standard InChI is InChI=1S/C12H12F3N3O3/c1-11(2)6-17(10(19)16-11)7-3-4-9(18(20)21)8(5-7)12(13,14)15/h3-5H,6H2,1-2H3,(H,16,19). The van der Waals surface area contributed by atoms with Gasteiger partial charge in [0.2, 0.25) is 0 Å². The zero-order valence-electron chi connectivity index (χ0n) is 11.2. The molecular weight excluding hydrogens is 291 g/mol. The van der Waals surface area contributed by atoms with Gasteiger partial charge in [0.15, 0.2) is 0 Å². The first-order valence-corrected chi connectivity index (χ1v) is 5.96. The summed E-state index contributed by atoms with van der Waals surface area (Å²) in [4.78, 5) is 22.5. The molecule has 0 unspecified atom stereocenters. The number of carbonyl (C=O) groups is 1. The Bertz CT molecular complexity index is 614. The van der Waals surface area contributed by atoms with Gasteiger partial charge in [-0.15, -0.1) is 0 Å². The number of carbonyl (C=O) groups excluding carboxylic acids is 1. The van der Waals surface area contributed by atoms with Crippen molar-refractivity contribution in [3.63, 3.8) is 0 Å². The molecule has 21 heavy (non-hydrogen) atoms. The molecule has 0 radical (unpaired) electrons. The zero-order valence-corrected chi connectivity index (χ0v) is 11.2. The van der Waals surface area contributed by atoms with Crippen molar-refractivity contribution in [1.29, 1.82) is 0 Å². The molecule has 1 aliphatic heterocycles. The van der Waals surface area contributed by atoms with Gasteiger partial charge in [0.25, 0.3) is 5.69 Å². The maximum Gasteiger partial charge on any atom is 0.423 e. The van der Waals surface area contributed by atoms with E-state index in [2.05, 4.69) is 5.32 Å². The molecule has 114 valence electrons. The molecule has 9 heteroatoms. The predicted octanol–water partition coefficient (Wildman–Crippen LogP) is 2.92. The highest BCUT2D eigenvalue weighted by Crippen LogP contribution is 2.38. The fourth-order valence-electron chi connectivity index (χ4n) is 2.15. The van der Waals surface area contributed by atoms with Crippen LogP contribution in [0.1, 0.15) is 19.4 Å². The summed E-state index contributed by atoms with van der Waals surface area (Å²) in [6, 6.07) is 1.98. The molecule has 0 aliphatic carbocycles. The number of anilines is 1. The lowest BCUT2D eigenvalue weighted by molar-refractivity contribution is -0.388. The van der Waals surface area contributed by atoms with E-state index >= 15 is 0 Å². The minimum atomic E-state index is -4.87. The van der Waals surface area contributed by atoms with Crippen molar-refractivity contribution in [3.8, 4) is 0 Å². The number of benzene rings is 1. The van der Waals surface area contributed by atoms with Gasteiger partial charge in [-0.3, -0.25) is 15.0 Å². The first-order chi connectivity index (χ1) is 9.51. The van der Waals surface area contributed by atoms with Gasteiger partial charge in [-0.2, -0.15) is 13.2 Å². The number of nitro groups is 1. The second-order valence-electron chi connectivity index (χ2n) is 5.36. The summed E-state index contributed by atoms with van der Waals surface area (Å²) in [5.41, 5.74) is -3.03. The number of hydrogen-bond donors (Lipinski definition) is 1. The van der Waals surface area contributed by atoms with Crippen LogP contribution in [0.4, 0.5) is 29.3 Å². The third-order valence-electron chi connectivity index (χ3n) is 3.04. The molecule has 0 bridgehead atoms. The SMILES string of the molecule is CC1(C)CN(c2ccc([N+](=O)[O-])c(C(F)(F)F)c2)C(=O)N1. The molecule has 0 aromatic heterocycles. The fourth-order valence-corrected chi connectivity index (χ4v) is 2.15. The Labute approximate surface area is 117 Å². The van der Waals surface area contributed by atoms with Crippen LogP contribution in [0.2, 0.25) is 0 Å². The quantitative estimate of drug-likeness (QED) is 0.674. The summed E-state index contributed by atoms with van der Waals surface area (Å²) in [7, 11) is 0. The van der Waals surface area contributed by atoms with Crippen LogP contribution >= 0.6 is 0 Å². The van der Waals surface area contributed by atoms with Gasteiger partial charge in [-0.1, -0.05) is 0 Å². The maximum absolute atomic E-state index is 12.9. The number of nitro benzene ring substituents is 1. The monoisotopic (exact) mass is 303 g/mol. The minimum Gasteiger partial charge on any atom is -0.331 e. The van der Waals surface area contributed by atoms with E-state index in [-0.39, 0.29) is 12.2 Å². The third kappa shape index (κ3) is 2.91. The van der Waals surface area contributed by atoms with Crippen molar-refractivity contribution in [2.75, 3.05) is 11.4 Å². The molecule has 2 rings (SSSR count). The summed E-state index contributed by atoms with van der Waals surface area (Å²) in [6.07, 6.45) is -4.87. The molecule has 1 fully saturated rings. The van der Waals surface area contributed by atoms with Crippen molar-refractivity contribution < 1.29 is 22.9 Å². The first-order valence-electron chi connectivity index (χ1n) is 5.96. The molecule has 6 nitrogen and oxygen atoms in total. The van der Waals surface area contributed by atoms with Crippen molar-refractivity contribution in [3.05, 3.63) is 33.9 Å². The smallest absolute Gasteiger partial charge is 0.331 e. The summed E-state index contributed by atoms with van der Waals surface area (Å²) < 4.78 is 38.7. The van der Waals surface area contributed by atoms with Crippen LogP contribution in [0.3, 0.4) is 0 Å². The van der Waals surface area contributed by atoms with Gasteiger partial charge in [0, 0.05) is 11.8 Å². The summed E-state index contributed by atoms with van der Waals surface area (Å²) >= 11 is 0. The van der Waals surface area contributed by atoms with E-state index in [1.807, 2.05) is 0 Å². The minimum absolute atomic E-state index is 0.0315. The Balaban J connectivity index is 2.48. The average molecular weight is 303 g/mol. The molecule has 1 N–H and O–H groups in total. The number of nitrogens with zero attached hydrogens (tertiary/aromatic N) is 2. The Morgan fingerprint density at radius 1 is 1.38 bits per heavy atom. The molecule has 1 saturated heterocycles. The molecule has 0 spiro atoms. The van der Waals surface area contributed by atoms with Crippen molar-refractivity contribution >= 4 is 17.4 Å². The molecule has 1 heterocycles. The van der Waals surface area contributed by atoms with E-state index in [0.717, 1.165) is 17.0 Å². The molecule has 0 atom stereocenters. The van der Waals surface area contributed by atoms with E-state index < -0.39 is 33.9 Å². The van der Waals surface area contributed by atoms with Crippen LogP contribution < -0.4 is 10.2 Å². The van der Waals surface area contributed by atoms with Gasteiger partial charge in [0.1, 0.15) is 5.56 Å². The Morgan fingerprint density at radius 3 is 2.43 bits per heavy atom. The summed E-state index contributed by atoms with van der Waals surface area (Å²) in [6.45, 7) is 3.61. The number of hydrogen-bond acceptors (Lipinski definition) is 3. The molecule has 2 amide bonds. The fraction of sp³-hybridized carbons (Fsp3) is 0.417. The number of rotatable bonds is 2. The number of halogens is 3. The predicted molar refractivity (Wildman–Crippen MR) is 68.1 cm³/mol. The summed E-state index contributed by atoms with van der Waals surface area (Å²) in [5, 5.41) is 13.3. The highest BCUT2D eigenvalue weighted by molar-refractivity contribution is 5.95. The highest BCUT2D eigenvalue weighted by Gasteiger charge is 2.41. The van der Waals surface area contributed by atoms with Crippen LogP contribution in [-0.4, -0.2) is 23.0 Å². The van der Waals surface area contributed by atoms with Gasteiger partial charge >= 0.3 is 12.2 Å². The lowest BCUT2D eigenvalue weighted by atomic mass is 10.1. The van der Waals surface area contributed by atoms with Gasteiger partial charge < -0.3 is 5.32 Å². The van der Waals surface area contributed by atoms with E-state index in [1.165, 1.54) is 0 Å². The van der Waals surface area contributed by atoms with Gasteiger partial charge in [-0.25, -0.2) is 4.79 Å². The number of alkyl halides is 3. The van der Waals surface area contributed by atoms with E-state index in [1.54, 1.807) is 13.8 Å². The van der Waals surface area contributed by atoms with Crippen molar-refractivity contribution in [2.24, 2.45) is 0 Å². The highest BCUT2D eigenvalue weighted by atomic mass is 19.4. The molecular formula is C12H12F3N3O3. The maximum atomic E-state index is 12.9. The summed E-state index contributed by atoms with van der Waals surface area (Å²) in [5.74, 6) is 0. The van der Waals surface area contributed by atoms with Gasteiger partial charge in [-0.05, 0) is 26.0 Å². The van der Waals surface area contributed by atoms with Crippen LogP contribution in [0.5, 0.6) is 0 Å².